The van der Waals surface area contributed by atoms with Gasteiger partial charge in [0.05, 0.1) is 19.7 Å². The van der Waals surface area contributed by atoms with E-state index in [-0.39, 0.29) is 24.3 Å². The van der Waals surface area contributed by atoms with Gasteiger partial charge in [-0.2, -0.15) is 0 Å². The highest BCUT2D eigenvalue weighted by atomic mass is 16.5. The molecule has 0 fully saturated rings. The van der Waals surface area contributed by atoms with E-state index in [0.717, 1.165) is 18.7 Å². The molecular weight excluding hydrogens is 402 g/mol. The van der Waals surface area contributed by atoms with Crippen molar-refractivity contribution in [3.05, 3.63) is 59.9 Å². The molecule has 0 unspecified atom stereocenters. The SMILES string of the molecule is COCCN(Cc1cccn1Cc1ccccc1)C(=O)CN(CCC(C)C)C(=O)C(C)C. The first kappa shape index (κ1) is 25.7. The summed E-state index contributed by atoms with van der Waals surface area (Å²) in [5.41, 5.74) is 2.27. The van der Waals surface area contributed by atoms with Crippen LogP contribution in [0, 0.1) is 11.8 Å². The van der Waals surface area contributed by atoms with Gasteiger partial charge in [0, 0.05) is 44.6 Å². The zero-order chi connectivity index (χ0) is 23.5. The van der Waals surface area contributed by atoms with Gasteiger partial charge in [-0.05, 0) is 30.0 Å². The molecule has 1 aromatic heterocycles. The predicted molar refractivity (Wildman–Crippen MR) is 128 cm³/mol. The summed E-state index contributed by atoms with van der Waals surface area (Å²) in [4.78, 5) is 29.5. The van der Waals surface area contributed by atoms with Gasteiger partial charge in [0.2, 0.25) is 11.8 Å². The second-order valence-corrected chi connectivity index (χ2v) is 9.02. The van der Waals surface area contributed by atoms with Gasteiger partial charge in [-0.15, -0.1) is 0 Å². The molecule has 0 spiro atoms. The molecular formula is C26H39N3O3. The molecule has 2 aromatic rings. The van der Waals surface area contributed by atoms with Crippen LogP contribution in [0.15, 0.2) is 48.7 Å². The lowest BCUT2D eigenvalue weighted by Crippen LogP contribution is -2.45. The number of aromatic nitrogens is 1. The molecule has 2 rings (SSSR count). The predicted octanol–water partition coefficient (Wildman–Crippen LogP) is 4.04. The van der Waals surface area contributed by atoms with Crippen LogP contribution in [-0.4, -0.2) is 59.5 Å². The number of carbonyl (C=O) groups is 2. The van der Waals surface area contributed by atoms with Crippen LogP contribution >= 0.6 is 0 Å². The van der Waals surface area contributed by atoms with Crippen molar-refractivity contribution in [3.8, 4) is 0 Å². The number of nitrogens with zero attached hydrogens (tertiary/aromatic N) is 3. The van der Waals surface area contributed by atoms with Crippen LogP contribution in [0.2, 0.25) is 0 Å². The Bertz CT molecular complexity index is 830. The summed E-state index contributed by atoms with van der Waals surface area (Å²) in [6.45, 7) is 10.9. The fraction of sp³-hybridized carbons (Fsp3) is 0.538. The number of methoxy groups -OCH3 is 1. The molecule has 32 heavy (non-hydrogen) atoms. The van der Waals surface area contributed by atoms with Gasteiger partial charge in [-0.25, -0.2) is 0 Å². The van der Waals surface area contributed by atoms with Crippen LogP contribution in [0.1, 0.15) is 45.4 Å². The van der Waals surface area contributed by atoms with Crippen molar-refractivity contribution < 1.29 is 14.3 Å². The van der Waals surface area contributed by atoms with Gasteiger partial charge in [0.25, 0.3) is 0 Å². The highest BCUT2D eigenvalue weighted by molar-refractivity contribution is 5.85. The third kappa shape index (κ3) is 8.15. The summed E-state index contributed by atoms with van der Waals surface area (Å²) in [6, 6.07) is 14.3. The molecule has 1 heterocycles. The first-order valence-electron chi connectivity index (χ1n) is 11.5. The van der Waals surface area contributed by atoms with E-state index in [4.69, 9.17) is 4.74 Å². The maximum atomic E-state index is 13.3. The number of rotatable bonds is 13. The van der Waals surface area contributed by atoms with Gasteiger partial charge in [0.15, 0.2) is 0 Å². The first-order chi connectivity index (χ1) is 15.3. The van der Waals surface area contributed by atoms with Crippen LogP contribution in [-0.2, 0) is 27.4 Å². The molecule has 0 saturated heterocycles. The highest BCUT2D eigenvalue weighted by Gasteiger charge is 2.23. The quantitative estimate of drug-likeness (QED) is 0.471. The van der Waals surface area contributed by atoms with E-state index in [1.807, 2.05) is 50.4 Å². The second-order valence-electron chi connectivity index (χ2n) is 9.02. The summed E-state index contributed by atoms with van der Waals surface area (Å²) >= 11 is 0. The minimum absolute atomic E-state index is 0.0261. The van der Waals surface area contributed by atoms with Crippen molar-refractivity contribution in [2.45, 2.75) is 47.2 Å². The standard InChI is InChI=1S/C26H39N3O3/c1-21(2)13-15-29(26(31)22(3)4)20-25(30)28(16-17-32-5)19-24-12-9-14-27(24)18-23-10-7-6-8-11-23/h6-12,14,21-22H,13,15-20H2,1-5H3. The van der Waals surface area contributed by atoms with Crippen LogP contribution < -0.4 is 0 Å². The minimum Gasteiger partial charge on any atom is -0.383 e. The monoisotopic (exact) mass is 441 g/mol. The van der Waals surface area contributed by atoms with Gasteiger partial charge in [-0.1, -0.05) is 58.0 Å². The van der Waals surface area contributed by atoms with Crippen LogP contribution in [0.3, 0.4) is 0 Å². The Labute approximate surface area is 193 Å². The average Bonchev–Trinajstić information content (AvgIpc) is 3.20. The van der Waals surface area contributed by atoms with E-state index in [2.05, 4.69) is 30.5 Å². The fourth-order valence-electron chi connectivity index (χ4n) is 3.53. The second kappa shape index (κ2) is 13.1. The molecule has 0 radical (unpaired) electrons. The Hall–Kier alpha value is -2.60. The Kier molecular flexibility index (Phi) is 10.5. The van der Waals surface area contributed by atoms with E-state index in [1.54, 1.807) is 16.9 Å². The number of hydrogen-bond donors (Lipinski definition) is 0. The van der Waals surface area contributed by atoms with Gasteiger partial charge < -0.3 is 19.1 Å². The van der Waals surface area contributed by atoms with Crippen molar-refractivity contribution in [3.63, 3.8) is 0 Å². The molecule has 0 aliphatic rings. The molecule has 0 atom stereocenters. The zero-order valence-electron chi connectivity index (χ0n) is 20.3. The summed E-state index contributed by atoms with van der Waals surface area (Å²) in [5.74, 6) is 0.314. The van der Waals surface area contributed by atoms with Crippen LogP contribution in [0.5, 0.6) is 0 Å². The fourth-order valence-corrected chi connectivity index (χ4v) is 3.53. The summed E-state index contributed by atoms with van der Waals surface area (Å²) in [5, 5.41) is 0. The number of carbonyl (C=O) groups excluding carboxylic acids is 2. The molecule has 6 nitrogen and oxygen atoms in total. The lowest BCUT2D eigenvalue weighted by molar-refractivity contribution is -0.143. The lowest BCUT2D eigenvalue weighted by atomic mass is 10.1. The molecule has 0 bridgehead atoms. The Balaban J connectivity index is 2.13. The molecule has 0 aliphatic carbocycles. The summed E-state index contributed by atoms with van der Waals surface area (Å²) < 4.78 is 7.42. The highest BCUT2D eigenvalue weighted by Crippen LogP contribution is 2.13. The molecule has 0 aliphatic heterocycles. The first-order valence-corrected chi connectivity index (χ1v) is 11.5. The van der Waals surface area contributed by atoms with Crippen LogP contribution in [0.4, 0.5) is 0 Å². The van der Waals surface area contributed by atoms with E-state index < -0.39 is 0 Å². The van der Waals surface area contributed by atoms with Crippen molar-refractivity contribution in [2.75, 3.05) is 33.4 Å². The smallest absolute Gasteiger partial charge is 0.242 e. The van der Waals surface area contributed by atoms with E-state index in [9.17, 15) is 9.59 Å². The van der Waals surface area contributed by atoms with Crippen molar-refractivity contribution >= 4 is 11.8 Å². The number of benzene rings is 1. The van der Waals surface area contributed by atoms with Gasteiger partial charge in [0.1, 0.15) is 0 Å². The third-order valence-electron chi connectivity index (χ3n) is 5.50. The molecule has 6 heteroatoms. The molecule has 0 N–H and O–H groups in total. The van der Waals surface area contributed by atoms with Crippen molar-refractivity contribution in [2.24, 2.45) is 11.8 Å². The molecule has 1 aromatic carbocycles. The Morgan fingerprint density at radius 3 is 2.31 bits per heavy atom. The van der Waals surface area contributed by atoms with E-state index >= 15 is 0 Å². The largest absolute Gasteiger partial charge is 0.383 e. The van der Waals surface area contributed by atoms with Crippen LogP contribution in [0.25, 0.3) is 0 Å². The molecule has 0 saturated carbocycles. The van der Waals surface area contributed by atoms with Crippen molar-refractivity contribution in [1.29, 1.82) is 0 Å². The maximum absolute atomic E-state index is 13.3. The topological polar surface area (TPSA) is 54.8 Å². The lowest BCUT2D eigenvalue weighted by Gasteiger charge is -2.29. The Morgan fingerprint density at radius 1 is 0.969 bits per heavy atom. The normalized spacial score (nSPS) is 11.2. The number of hydrogen-bond acceptors (Lipinski definition) is 3. The Morgan fingerprint density at radius 2 is 1.69 bits per heavy atom. The minimum atomic E-state index is -0.134. The van der Waals surface area contributed by atoms with Crippen molar-refractivity contribution in [1.82, 2.24) is 14.4 Å². The number of amides is 2. The third-order valence-corrected chi connectivity index (χ3v) is 5.50. The molecule has 176 valence electrons. The van der Waals surface area contributed by atoms with Gasteiger partial charge >= 0.3 is 0 Å². The van der Waals surface area contributed by atoms with E-state index in [0.29, 0.717) is 32.2 Å². The summed E-state index contributed by atoms with van der Waals surface area (Å²) in [6.07, 6.45) is 2.92. The van der Waals surface area contributed by atoms with Gasteiger partial charge in [-0.3, -0.25) is 9.59 Å². The van der Waals surface area contributed by atoms with E-state index in [1.165, 1.54) is 5.56 Å². The maximum Gasteiger partial charge on any atom is 0.242 e. The zero-order valence-corrected chi connectivity index (χ0v) is 20.3. The average molecular weight is 442 g/mol. The summed E-state index contributed by atoms with van der Waals surface area (Å²) in [7, 11) is 1.64. The number of ether oxygens (including phenoxy) is 1. The molecule has 2 amide bonds.